The summed E-state index contributed by atoms with van der Waals surface area (Å²) in [6.45, 7) is 3.57. The summed E-state index contributed by atoms with van der Waals surface area (Å²) in [5, 5.41) is 10.5. The first-order valence-electron chi connectivity index (χ1n) is 5.48. The van der Waals surface area contributed by atoms with Crippen molar-refractivity contribution in [3.05, 3.63) is 34.4 Å². The molecule has 104 valence electrons. The highest BCUT2D eigenvalue weighted by Gasteiger charge is 2.24. The molecule has 0 N–H and O–H groups in total. The van der Waals surface area contributed by atoms with Crippen LogP contribution in [0.25, 0.3) is 0 Å². The Morgan fingerprint density at radius 3 is 2.37 bits per heavy atom. The molecule has 0 radical (unpaired) electrons. The zero-order chi connectivity index (χ0) is 14.5. The molecule has 19 heavy (non-hydrogen) atoms. The zero-order valence-electron chi connectivity index (χ0n) is 10.9. The summed E-state index contributed by atoms with van der Waals surface area (Å²) in [4.78, 5) is 21.4. The van der Waals surface area contributed by atoms with Crippen molar-refractivity contribution in [1.29, 1.82) is 0 Å². The lowest BCUT2D eigenvalue weighted by molar-refractivity contribution is -0.384. The summed E-state index contributed by atoms with van der Waals surface area (Å²) in [6, 6.07) is 5.12. The molecule has 0 aliphatic carbocycles. The first kappa shape index (κ1) is 14.9. The Bertz CT molecular complexity index is 454. The second-order valence-electron chi connectivity index (χ2n) is 4.40. The molecule has 0 saturated heterocycles. The largest absolute Gasteiger partial charge is 0.514 e. The van der Waals surface area contributed by atoms with Gasteiger partial charge in [-0.05, 0) is 26.0 Å². The van der Waals surface area contributed by atoms with Crippen LogP contribution in [-0.2, 0) is 9.47 Å². The first-order chi connectivity index (χ1) is 8.84. The maximum Gasteiger partial charge on any atom is 0.514 e. The number of nitro groups is 1. The molecule has 7 nitrogen and oxygen atoms in total. The van der Waals surface area contributed by atoms with Gasteiger partial charge < -0.3 is 14.2 Å². The molecule has 7 heteroatoms. The SMILES string of the molecule is COCC(C)(C)OC(=O)Oc1ccc([N+](=O)[O-])cc1. The van der Waals surface area contributed by atoms with Crippen molar-refractivity contribution in [3.63, 3.8) is 0 Å². The monoisotopic (exact) mass is 269 g/mol. The van der Waals surface area contributed by atoms with Gasteiger partial charge >= 0.3 is 6.16 Å². The predicted octanol–water partition coefficient (Wildman–Crippen LogP) is 2.54. The normalized spacial score (nSPS) is 10.9. The minimum absolute atomic E-state index is 0.0829. The average molecular weight is 269 g/mol. The van der Waals surface area contributed by atoms with Crippen LogP contribution in [0.5, 0.6) is 5.75 Å². The van der Waals surface area contributed by atoms with E-state index in [1.165, 1.54) is 31.4 Å². The van der Waals surface area contributed by atoms with Crippen LogP contribution in [0.15, 0.2) is 24.3 Å². The van der Waals surface area contributed by atoms with Crippen LogP contribution in [0.2, 0.25) is 0 Å². The molecule has 0 aliphatic heterocycles. The first-order valence-corrected chi connectivity index (χ1v) is 5.48. The molecule has 1 aromatic rings. The molecule has 0 saturated carbocycles. The summed E-state index contributed by atoms with van der Waals surface area (Å²) in [5.41, 5.74) is -0.896. The molecule has 1 aromatic carbocycles. The highest BCUT2D eigenvalue weighted by atomic mass is 16.7. The second-order valence-corrected chi connectivity index (χ2v) is 4.40. The lowest BCUT2D eigenvalue weighted by atomic mass is 10.1. The van der Waals surface area contributed by atoms with E-state index in [9.17, 15) is 14.9 Å². The van der Waals surface area contributed by atoms with E-state index in [0.717, 1.165) is 0 Å². The van der Waals surface area contributed by atoms with Crippen LogP contribution in [0.3, 0.4) is 0 Å². The Morgan fingerprint density at radius 1 is 1.32 bits per heavy atom. The summed E-state index contributed by atoms with van der Waals surface area (Å²) < 4.78 is 14.8. The molecule has 0 heterocycles. The van der Waals surface area contributed by atoms with Crippen molar-refractivity contribution in [3.8, 4) is 5.75 Å². The van der Waals surface area contributed by atoms with Crippen LogP contribution >= 0.6 is 0 Å². The van der Waals surface area contributed by atoms with Gasteiger partial charge in [0.1, 0.15) is 11.4 Å². The molecule has 0 aliphatic rings. The fourth-order valence-electron chi connectivity index (χ4n) is 1.36. The number of benzene rings is 1. The number of non-ortho nitro benzene ring substituents is 1. The van der Waals surface area contributed by atoms with E-state index in [2.05, 4.69) is 0 Å². The van der Waals surface area contributed by atoms with E-state index in [4.69, 9.17) is 14.2 Å². The Labute approximate surface area is 110 Å². The molecular weight excluding hydrogens is 254 g/mol. The minimum Gasteiger partial charge on any atom is -0.426 e. The Kier molecular flexibility index (Phi) is 4.82. The Balaban J connectivity index is 2.59. The lowest BCUT2D eigenvalue weighted by Gasteiger charge is -2.23. The van der Waals surface area contributed by atoms with Gasteiger partial charge in [-0.2, -0.15) is 0 Å². The highest BCUT2D eigenvalue weighted by Crippen LogP contribution is 2.19. The van der Waals surface area contributed by atoms with Gasteiger partial charge in [0, 0.05) is 19.2 Å². The maximum absolute atomic E-state index is 11.5. The number of nitro benzene ring substituents is 1. The van der Waals surface area contributed by atoms with Gasteiger partial charge in [-0.3, -0.25) is 10.1 Å². The highest BCUT2D eigenvalue weighted by molar-refractivity contribution is 5.64. The van der Waals surface area contributed by atoms with E-state index in [1.807, 2.05) is 0 Å². The van der Waals surface area contributed by atoms with Crippen molar-refractivity contribution < 1.29 is 23.9 Å². The smallest absolute Gasteiger partial charge is 0.426 e. The minimum atomic E-state index is -0.893. The van der Waals surface area contributed by atoms with Crippen LogP contribution in [-0.4, -0.2) is 30.4 Å². The third-order valence-corrected chi connectivity index (χ3v) is 2.10. The number of methoxy groups -OCH3 is 1. The van der Waals surface area contributed by atoms with E-state index in [-0.39, 0.29) is 18.0 Å². The number of rotatable bonds is 5. The molecule has 0 aromatic heterocycles. The summed E-state index contributed by atoms with van der Waals surface area (Å²) in [7, 11) is 1.49. The summed E-state index contributed by atoms with van der Waals surface area (Å²) in [6.07, 6.45) is -0.893. The molecule has 0 amide bonds. The predicted molar refractivity (Wildman–Crippen MR) is 66.2 cm³/mol. The van der Waals surface area contributed by atoms with Gasteiger partial charge in [0.2, 0.25) is 0 Å². The van der Waals surface area contributed by atoms with Crippen molar-refractivity contribution in [2.75, 3.05) is 13.7 Å². The fraction of sp³-hybridized carbons (Fsp3) is 0.417. The van der Waals surface area contributed by atoms with Crippen molar-refractivity contribution in [1.82, 2.24) is 0 Å². The van der Waals surface area contributed by atoms with E-state index in [1.54, 1.807) is 13.8 Å². The van der Waals surface area contributed by atoms with Crippen LogP contribution in [0, 0.1) is 10.1 Å². The molecule has 0 unspecified atom stereocenters. The number of ether oxygens (including phenoxy) is 3. The van der Waals surface area contributed by atoms with E-state index < -0.39 is 16.7 Å². The number of carbonyl (C=O) groups excluding carboxylic acids is 1. The van der Waals surface area contributed by atoms with E-state index >= 15 is 0 Å². The van der Waals surface area contributed by atoms with Crippen molar-refractivity contribution in [2.45, 2.75) is 19.4 Å². The van der Waals surface area contributed by atoms with Gasteiger partial charge in [0.05, 0.1) is 11.5 Å². The van der Waals surface area contributed by atoms with Gasteiger partial charge in [0.15, 0.2) is 0 Å². The fourth-order valence-corrected chi connectivity index (χ4v) is 1.36. The maximum atomic E-state index is 11.5. The summed E-state index contributed by atoms with van der Waals surface area (Å²) in [5.74, 6) is 0.170. The topological polar surface area (TPSA) is 87.9 Å². The molecule has 0 bridgehead atoms. The standard InChI is InChI=1S/C12H15NO6/c1-12(2,8-17-3)19-11(14)18-10-6-4-9(5-7-10)13(15)16/h4-7H,8H2,1-3H3. The third kappa shape index (κ3) is 4.92. The van der Waals surface area contributed by atoms with Gasteiger partial charge in [0.25, 0.3) is 5.69 Å². The number of nitrogens with zero attached hydrogens (tertiary/aromatic N) is 1. The van der Waals surface area contributed by atoms with Crippen molar-refractivity contribution >= 4 is 11.8 Å². The molecular formula is C12H15NO6. The van der Waals surface area contributed by atoms with Gasteiger partial charge in [-0.15, -0.1) is 0 Å². The molecule has 0 fully saturated rings. The van der Waals surface area contributed by atoms with Gasteiger partial charge in [-0.1, -0.05) is 0 Å². The number of carbonyl (C=O) groups is 1. The lowest BCUT2D eigenvalue weighted by Crippen LogP contribution is -2.34. The second kappa shape index (κ2) is 6.14. The Morgan fingerprint density at radius 2 is 1.89 bits per heavy atom. The van der Waals surface area contributed by atoms with Gasteiger partial charge in [-0.25, -0.2) is 4.79 Å². The summed E-state index contributed by atoms with van der Waals surface area (Å²) >= 11 is 0. The number of hydrogen-bond donors (Lipinski definition) is 0. The molecule has 0 spiro atoms. The third-order valence-electron chi connectivity index (χ3n) is 2.10. The van der Waals surface area contributed by atoms with Crippen molar-refractivity contribution in [2.24, 2.45) is 0 Å². The van der Waals surface area contributed by atoms with Crippen LogP contribution in [0.1, 0.15) is 13.8 Å². The van der Waals surface area contributed by atoms with E-state index in [0.29, 0.717) is 0 Å². The quantitative estimate of drug-likeness (QED) is 0.353. The van der Waals surface area contributed by atoms with Crippen LogP contribution in [0.4, 0.5) is 10.5 Å². The zero-order valence-corrected chi connectivity index (χ0v) is 10.9. The number of hydrogen-bond acceptors (Lipinski definition) is 6. The molecule has 1 rings (SSSR count). The average Bonchev–Trinajstić information content (AvgIpc) is 2.28. The Hall–Kier alpha value is -2.15. The van der Waals surface area contributed by atoms with Crippen LogP contribution < -0.4 is 4.74 Å². The molecule has 0 atom stereocenters.